The summed E-state index contributed by atoms with van der Waals surface area (Å²) in [7, 11) is 0. The third kappa shape index (κ3) is 4.48. The molecule has 158 valence electrons. The first kappa shape index (κ1) is 20.4. The maximum Gasteiger partial charge on any atom is 0.410 e. The molecule has 0 spiro atoms. The van der Waals surface area contributed by atoms with Gasteiger partial charge in [-0.25, -0.2) is 9.78 Å². The van der Waals surface area contributed by atoms with Crippen LogP contribution in [0.25, 0.3) is 0 Å². The molecule has 0 radical (unpaired) electrons. The molecule has 1 aromatic carbocycles. The minimum atomic E-state index is -0.262. The molecular weight excluding hydrogens is 380 g/mol. The van der Waals surface area contributed by atoms with Crippen molar-refractivity contribution in [1.29, 1.82) is 0 Å². The summed E-state index contributed by atoms with van der Waals surface area (Å²) in [5.74, 6) is 0.555. The molecule has 4 rings (SSSR count). The third-order valence-corrected chi connectivity index (χ3v) is 6.07. The van der Waals surface area contributed by atoms with Crippen molar-refractivity contribution in [3.05, 3.63) is 59.8 Å². The lowest BCUT2D eigenvalue weighted by Crippen LogP contribution is -2.55. The van der Waals surface area contributed by atoms with Gasteiger partial charge in [0, 0.05) is 35.8 Å². The Hall–Kier alpha value is -2.89. The first-order chi connectivity index (χ1) is 14.7. The minimum Gasteiger partial charge on any atom is -0.478 e. The molecule has 1 aromatic heterocycles. The van der Waals surface area contributed by atoms with Crippen LogP contribution in [0, 0.1) is 5.92 Å². The molecule has 2 aromatic rings. The van der Waals surface area contributed by atoms with Gasteiger partial charge in [0.15, 0.2) is 5.78 Å². The predicted molar refractivity (Wildman–Crippen MR) is 112 cm³/mol. The molecule has 2 aliphatic heterocycles. The zero-order valence-electron chi connectivity index (χ0n) is 17.3. The summed E-state index contributed by atoms with van der Waals surface area (Å²) in [6, 6.07) is 13.4. The van der Waals surface area contributed by atoms with Crippen molar-refractivity contribution in [3.63, 3.8) is 0 Å². The van der Waals surface area contributed by atoms with E-state index in [1.54, 1.807) is 18.3 Å². The molecule has 6 heteroatoms. The van der Waals surface area contributed by atoms with Crippen LogP contribution in [-0.4, -0.2) is 40.5 Å². The Morgan fingerprint density at radius 2 is 1.80 bits per heavy atom. The van der Waals surface area contributed by atoms with E-state index in [1.807, 2.05) is 42.2 Å². The summed E-state index contributed by atoms with van der Waals surface area (Å²) in [4.78, 5) is 32.0. The van der Waals surface area contributed by atoms with Crippen LogP contribution in [0.3, 0.4) is 0 Å². The summed E-state index contributed by atoms with van der Waals surface area (Å²) in [5.41, 5.74) is 1.59. The van der Waals surface area contributed by atoms with Crippen LogP contribution in [0.15, 0.2) is 48.7 Å². The molecule has 2 unspecified atom stereocenters. The number of hydrogen-bond acceptors (Lipinski definition) is 5. The Bertz CT molecular complexity index is 855. The number of ether oxygens (including phenoxy) is 2. The molecule has 0 saturated carbocycles. The number of pyridine rings is 1. The van der Waals surface area contributed by atoms with E-state index in [4.69, 9.17) is 9.47 Å². The number of nitrogens with zero attached hydrogens (tertiary/aromatic N) is 2. The summed E-state index contributed by atoms with van der Waals surface area (Å²) in [5, 5.41) is 0. The molecule has 0 aliphatic carbocycles. The number of ketones is 1. The van der Waals surface area contributed by atoms with Gasteiger partial charge in [0.2, 0.25) is 5.88 Å². The monoisotopic (exact) mass is 408 g/mol. The van der Waals surface area contributed by atoms with Crippen LogP contribution < -0.4 is 4.74 Å². The molecule has 2 fully saturated rings. The van der Waals surface area contributed by atoms with E-state index < -0.39 is 0 Å². The molecule has 30 heavy (non-hydrogen) atoms. The average Bonchev–Trinajstić information content (AvgIpc) is 2.77. The fraction of sp³-hybridized carbons (Fsp3) is 0.458. The second kappa shape index (κ2) is 9.28. The highest BCUT2D eigenvalue weighted by Gasteiger charge is 2.43. The second-order valence-corrected chi connectivity index (χ2v) is 8.04. The summed E-state index contributed by atoms with van der Waals surface area (Å²) in [6.45, 7) is 2.72. The first-order valence-electron chi connectivity index (χ1n) is 10.8. The summed E-state index contributed by atoms with van der Waals surface area (Å²) in [6.07, 6.45) is 5.63. The number of hydrogen-bond donors (Lipinski definition) is 0. The van der Waals surface area contributed by atoms with Gasteiger partial charge in [-0.15, -0.1) is 0 Å². The topological polar surface area (TPSA) is 68.7 Å². The molecular formula is C24H28N2O4. The minimum absolute atomic E-state index is 0.0605. The van der Waals surface area contributed by atoms with Crippen molar-refractivity contribution in [2.45, 2.75) is 57.7 Å². The lowest BCUT2D eigenvalue weighted by molar-refractivity contribution is 0.00471. The standard InChI is InChI=1S/C24H28N2O4/c1-2-29-22-12-11-18(15-25-22)23(27)19-13-20-9-6-10-21(14-19)26(20)24(28)30-16-17-7-4-3-5-8-17/h3-5,7-8,11-12,15,19-21H,2,6,9-10,13-14,16H2,1H3. The highest BCUT2D eigenvalue weighted by molar-refractivity contribution is 5.97. The zero-order valence-corrected chi connectivity index (χ0v) is 17.3. The fourth-order valence-electron chi connectivity index (χ4n) is 4.68. The lowest BCUT2D eigenvalue weighted by Gasteiger charge is -2.47. The van der Waals surface area contributed by atoms with E-state index in [0.717, 1.165) is 24.8 Å². The maximum atomic E-state index is 13.1. The van der Waals surface area contributed by atoms with Gasteiger partial charge in [-0.05, 0) is 50.7 Å². The van der Waals surface area contributed by atoms with Crippen LogP contribution in [0.5, 0.6) is 5.88 Å². The molecule has 0 N–H and O–H groups in total. The van der Waals surface area contributed by atoms with Gasteiger partial charge >= 0.3 is 6.09 Å². The van der Waals surface area contributed by atoms with Gasteiger partial charge in [0.25, 0.3) is 0 Å². The number of amides is 1. The Morgan fingerprint density at radius 3 is 2.43 bits per heavy atom. The maximum absolute atomic E-state index is 13.1. The Morgan fingerprint density at radius 1 is 1.07 bits per heavy atom. The van der Waals surface area contributed by atoms with Gasteiger partial charge in [-0.3, -0.25) is 4.79 Å². The number of benzene rings is 1. The number of rotatable bonds is 6. The molecule has 2 atom stereocenters. The van der Waals surface area contributed by atoms with Gasteiger partial charge < -0.3 is 14.4 Å². The van der Waals surface area contributed by atoms with E-state index in [-0.39, 0.29) is 36.5 Å². The fourth-order valence-corrected chi connectivity index (χ4v) is 4.68. The molecule has 2 saturated heterocycles. The number of carbonyl (C=O) groups excluding carboxylic acids is 2. The van der Waals surface area contributed by atoms with Gasteiger partial charge in [-0.1, -0.05) is 30.3 Å². The molecule has 1 amide bonds. The summed E-state index contributed by atoms with van der Waals surface area (Å²) < 4.78 is 11.0. The highest BCUT2D eigenvalue weighted by atomic mass is 16.6. The van der Waals surface area contributed by atoms with E-state index in [0.29, 0.717) is 30.9 Å². The van der Waals surface area contributed by atoms with Crippen LogP contribution in [0.1, 0.15) is 54.9 Å². The van der Waals surface area contributed by atoms with Crippen molar-refractivity contribution < 1.29 is 19.1 Å². The van der Waals surface area contributed by atoms with Crippen molar-refractivity contribution in [2.24, 2.45) is 5.92 Å². The predicted octanol–water partition coefficient (Wildman–Crippen LogP) is 4.63. The van der Waals surface area contributed by atoms with Crippen LogP contribution >= 0.6 is 0 Å². The van der Waals surface area contributed by atoms with E-state index in [1.165, 1.54) is 0 Å². The summed E-state index contributed by atoms with van der Waals surface area (Å²) >= 11 is 0. The van der Waals surface area contributed by atoms with Gasteiger partial charge in [0.05, 0.1) is 6.61 Å². The van der Waals surface area contributed by atoms with E-state index >= 15 is 0 Å². The highest BCUT2D eigenvalue weighted by Crippen LogP contribution is 2.38. The number of carbonyl (C=O) groups is 2. The smallest absolute Gasteiger partial charge is 0.410 e. The van der Waals surface area contributed by atoms with Gasteiger partial charge in [0.1, 0.15) is 6.61 Å². The molecule has 2 bridgehead atoms. The van der Waals surface area contributed by atoms with E-state index in [2.05, 4.69) is 4.98 Å². The van der Waals surface area contributed by atoms with Crippen molar-refractivity contribution >= 4 is 11.9 Å². The number of fused-ring (bicyclic) bond motifs is 2. The van der Waals surface area contributed by atoms with E-state index in [9.17, 15) is 9.59 Å². The average molecular weight is 408 g/mol. The van der Waals surface area contributed by atoms with Crippen LogP contribution in [-0.2, 0) is 11.3 Å². The van der Waals surface area contributed by atoms with Crippen LogP contribution in [0.4, 0.5) is 4.79 Å². The van der Waals surface area contributed by atoms with Crippen LogP contribution in [0.2, 0.25) is 0 Å². The SMILES string of the molecule is CCOc1ccc(C(=O)C2CC3CCCC(C2)N3C(=O)OCc2ccccc2)cn1. The molecule has 2 aliphatic rings. The number of aromatic nitrogens is 1. The Balaban J connectivity index is 1.40. The normalized spacial score (nSPS) is 23.0. The second-order valence-electron chi connectivity index (χ2n) is 8.04. The largest absolute Gasteiger partial charge is 0.478 e. The Kier molecular flexibility index (Phi) is 6.31. The quantitative estimate of drug-likeness (QED) is 0.652. The first-order valence-corrected chi connectivity index (χ1v) is 10.8. The number of Topliss-reactive ketones (excluding diaryl/α,β-unsaturated/α-hetero) is 1. The third-order valence-electron chi connectivity index (χ3n) is 6.07. The van der Waals surface area contributed by atoms with Crippen molar-refractivity contribution in [1.82, 2.24) is 9.88 Å². The molecule has 3 heterocycles. The zero-order chi connectivity index (χ0) is 20.9. The van der Waals surface area contributed by atoms with Crippen molar-refractivity contribution in [2.75, 3.05) is 6.61 Å². The van der Waals surface area contributed by atoms with Crippen molar-refractivity contribution in [3.8, 4) is 5.88 Å². The Labute approximate surface area is 177 Å². The lowest BCUT2D eigenvalue weighted by atomic mass is 9.76. The molecule has 6 nitrogen and oxygen atoms in total. The number of piperidine rings is 2. The van der Waals surface area contributed by atoms with Gasteiger partial charge in [-0.2, -0.15) is 0 Å².